The second-order valence-corrected chi connectivity index (χ2v) is 9.71. The number of halogens is 3. The molecule has 0 spiro atoms. The number of cyclic esters (lactones) is 1. The van der Waals surface area contributed by atoms with Crippen molar-refractivity contribution in [2.24, 2.45) is 0 Å². The molecule has 3 rings (SSSR count). The highest BCUT2D eigenvalue weighted by atomic mass is 32.3. The predicted octanol–water partition coefficient (Wildman–Crippen LogP) is 3.29. The number of ether oxygens (including phenoxy) is 1. The maximum atomic E-state index is 14.7. The molecule has 0 bridgehead atoms. The molecule has 0 saturated carbocycles. The first-order valence-corrected chi connectivity index (χ1v) is 11.3. The fraction of sp³-hybridized carbons (Fsp3) is 0.529. The standard InChI is InChI=1S/C17H22F3N3O4S2/c18-13-8-11(2-3-14(13)22-4-1-6-29(25,26)7-5-22)23-10-12(27-17(23)24)9-21-16(28)15(19)20/h2-3,8,12,15,25-26H,1,4-7,9-10H2,(H,21,28)/t12-/m0/s1. The Hall–Kier alpha value is -1.76. The Bertz CT molecular complexity index is 784. The predicted molar refractivity (Wildman–Crippen MR) is 110 cm³/mol. The van der Waals surface area contributed by atoms with Crippen molar-refractivity contribution in [1.29, 1.82) is 0 Å². The van der Waals surface area contributed by atoms with Gasteiger partial charge in [0.15, 0.2) is 0 Å². The summed E-state index contributed by atoms with van der Waals surface area (Å²) < 4.78 is 64.4. The lowest BCUT2D eigenvalue weighted by molar-refractivity contribution is 0.142. The molecule has 0 unspecified atom stereocenters. The van der Waals surface area contributed by atoms with E-state index in [0.717, 1.165) is 0 Å². The van der Waals surface area contributed by atoms with Crippen molar-refractivity contribution in [1.82, 2.24) is 5.32 Å². The molecule has 2 aliphatic rings. The van der Waals surface area contributed by atoms with E-state index < -0.39 is 40.0 Å². The van der Waals surface area contributed by atoms with Crippen molar-refractivity contribution in [3.05, 3.63) is 24.0 Å². The molecule has 0 radical (unpaired) electrons. The molecule has 1 atom stereocenters. The molecule has 1 amide bonds. The van der Waals surface area contributed by atoms with Crippen molar-refractivity contribution in [2.75, 3.05) is 47.5 Å². The Morgan fingerprint density at radius 3 is 2.79 bits per heavy atom. The Kier molecular flexibility index (Phi) is 6.76. The normalized spacial score (nSPS) is 23.0. The van der Waals surface area contributed by atoms with Crippen LogP contribution in [0.1, 0.15) is 6.42 Å². The van der Waals surface area contributed by atoms with Crippen LogP contribution in [0.4, 0.5) is 29.3 Å². The van der Waals surface area contributed by atoms with Crippen LogP contribution < -0.4 is 15.1 Å². The molecule has 1 aromatic carbocycles. The molecule has 162 valence electrons. The van der Waals surface area contributed by atoms with Crippen molar-refractivity contribution in [2.45, 2.75) is 19.0 Å². The van der Waals surface area contributed by atoms with Gasteiger partial charge in [0.25, 0.3) is 6.43 Å². The van der Waals surface area contributed by atoms with Gasteiger partial charge in [-0.1, -0.05) is 12.2 Å². The fourth-order valence-electron chi connectivity index (χ4n) is 3.25. The van der Waals surface area contributed by atoms with Crippen LogP contribution in [0.3, 0.4) is 0 Å². The maximum absolute atomic E-state index is 14.7. The van der Waals surface area contributed by atoms with E-state index in [1.165, 1.54) is 17.0 Å². The second kappa shape index (κ2) is 8.94. The van der Waals surface area contributed by atoms with Gasteiger partial charge in [-0.2, -0.15) is 10.6 Å². The fourth-order valence-corrected chi connectivity index (χ4v) is 4.64. The molecule has 29 heavy (non-hydrogen) atoms. The molecule has 2 fully saturated rings. The Labute approximate surface area is 173 Å². The zero-order valence-electron chi connectivity index (χ0n) is 15.4. The van der Waals surface area contributed by atoms with E-state index >= 15 is 0 Å². The summed E-state index contributed by atoms with van der Waals surface area (Å²) in [5.41, 5.74) is 0.605. The van der Waals surface area contributed by atoms with Gasteiger partial charge in [-0.05, 0) is 24.6 Å². The van der Waals surface area contributed by atoms with E-state index in [4.69, 9.17) is 4.74 Å². The van der Waals surface area contributed by atoms with Crippen LogP contribution in [0.15, 0.2) is 18.2 Å². The number of benzene rings is 1. The SMILES string of the molecule is O=C1O[C@@H](CNC(=S)C(F)F)CN1c1ccc(N2CCCS(O)(O)CC2)c(F)c1. The molecule has 1 aromatic rings. The molecule has 2 heterocycles. The summed E-state index contributed by atoms with van der Waals surface area (Å²) in [5.74, 6) is -0.0659. The average Bonchev–Trinajstić information content (AvgIpc) is 2.93. The number of carbonyl (C=O) groups excluding carboxylic acids is 1. The number of anilines is 2. The lowest BCUT2D eigenvalue weighted by atomic mass is 10.2. The number of rotatable bonds is 5. The van der Waals surface area contributed by atoms with Crippen molar-refractivity contribution >= 4 is 45.3 Å². The van der Waals surface area contributed by atoms with Gasteiger partial charge < -0.3 is 15.0 Å². The van der Waals surface area contributed by atoms with Gasteiger partial charge in [0.1, 0.15) is 16.9 Å². The summed E-state index contributed by atoms with van der Waals surface area (Å²) in [4.78, 5) is 14.4. The minimum Gasteiger partial charge on any atom is -0.442 e. The zero-order chi connectivity index (χ0) is 21.2. The summed E-state index contributed by atoms with van der Waals surface area (Å²) in [7, 11) is -2.62. The molecule has 2 aliphatic heterocycles. The summed E-state index contributed by atoms with van der Waals surface area (Å²) in [5, 5.41) is 2.35. The third-order valence-electron chi connectivity index (χ3n) is 4.75. The van der Waals surface area contributed by atoms with Gasteiger partial charge in [0.05, 0.1) is 30.2 Å². The Morgan fingerprint density at radius 1 is 1.34 bits per heavy atom. The van der Waals surface area contributed by atoms with Crippen LogP contribution >= 0.6 is 22.8 Å². The first-order valence-electron chi connectivity index (χ1n) is 8.98. The highest BCUT2D eigenvalue weighted by Gasteiger charge is 2.33. The van der Waals surface area contributed by atoms with Gasteiger partial charge in [0.2, 0.25) is 0 Å². The van der Waals surface area contributed by atoms with Crippen LogP contribution in [0, 0.1) is 5.82 Å². The number of hydrogen-bond donors (Lipinski definition) is 3. The number of alkyl halides is 2. The lowest BCUT2D eigenvalue weighted by Crippen LogP contribution is -2.36. The molecule has 0 aromatic heterocycles. The van der Waals surface area contributed by atoms with E-state index in [-0.39, 0.29) is 24.5 Å². The smallest absolute Gasteiger partial charge is 0.414 e. The minimum absolute atomic E-state index is 0.0633. The van der Waals surface area contributed by atoms with E-state index in [2.05, 4.69) is 17.5 Å². The van der Waals surface area contributed by atoms with Gasteiger partial charge in [-0.15, -0.1) is 0 Å². The second-order valence-electron chi connectivity index (χ2n) is 6.85. The molecular formula is C17H22F3N3O4S2. The van der Waals surface area contributed by atoms with Gasteiger partial charge >= 0.3 is 6.09 Å². The van der Waals surface area contributed by atoms with Crippen LogP contribution in [-0.2, 0) is 4.74 Å². The van der Waals surface area contributed by atoms with Crippen molar-refractivity contribution in [3.8, 4) is 0 Å². The molecular weight excluding hydrogens is 431 g/mol. The van der Waals surface area contributed by atoms with Crippen molar-refractivity contribution in [3.63, 3.8) is 0 Å². The number of carbonyl (C=O) groups is 1. The topological polar surface area (TPSA) is 85.3 Å². The minimum atomic E-state index is -2.79. The van der Waals surface area contributed by atoms with E-state index in [9.17, 15) is 27.1 Å². The largest absolute Gasteiger partial charge is 0.442 e. The monoisotopic (exact) mass is 453 g/mol. The van der Waals surface area contributed by atoms with E-state index in [1.807, 2.05) is 0 Å². The zero-order valence-corrected chi connectivity index (χ0v) is 17.0. The van der Waals surface area contributed by atoms with Crippen LogP contribution in [0.5, 0.6) is 0 Å². The van der Waals surface area contributed by atoms with Gasteiger partial charge in [-0.25, -0.2) is 18.0 Å². The third kappa shape index (κ3) is 5.44. The van der Waals surface area contributed by atoms with Gasteiger partial charge in [0, 0.05) is 18.8 Å². The molecule has 0 aliphatic carbocycles. The Morgan fingerprint density at radius 2 is 2.10 bits per heavy atom. The number of nitrogens with zero attached hydrogens (tertiary/aromatic N) is 2. The average molecular weight is 454 g/mol. The molecule has 2 saturated heterocycles. The first-order chi connectivity index (χ1) is 13.7. The summed E-state index contributed by atoms with van der Waals surface area (Å²) in [6.07, 6.45) is -3.65. The third-order valence-corrected chi connectivity index (χ3v) is 6.85. The maximum Gasteiger partial charge on any atom is 0.414 e. The van der Waals surface area contributed by atoms with Crippen LogP contribution in [0.2, 0.25) is 0 Å². The summed E-state index contributed by atoms with van der Waals surface area (Å²) in [6.45, 7) is 0.824. The summed E-state index contributed by atoms with van der Waals surface area (Å²) in [6, 6.07) is 4.31. The van der Waals surface area contributed by atoms with Crippen LogP contribution in [0.25, 0.3) is 0 Å². The summed E-state index contributed by atoms with van der Waals surface area (Å²) >= 11 is 4.48. The highest BCUT2D eigenvalue weighted by molar-refractivity contribution is 8.24. The van der Waals surface area contributed by atoms with Crippen molar-refractivity contribution < 1.29 is 31.8 Å². The number of thiocarbonyl (C=S) groups is 1. The van der Waals surface area contributed by atoms with Gasteiger partial charge in [-0.3, -0.25) is 14.0 Å². The number of nitrogens with one attached hydrogen (secondary N) is 1. The molecule has 3 N–H and O–H groups in total. The molecule has 12 heteroatoms. The number of amides is 1. The Balaban J connectivity index is 1.65. The highest BCUT2D eigenvalue weighted by Crippen LogP contribution is 2.41. The number of hydrogen-bond acceptors (Lipinski definition) is 6. The lowest BCUT2D eigenvalue weighted by Gasteiger charge is -2.30. The van der Waals surface area contributed by atoms with E-state index in [1.54, 1.807) is 11.0 Å². The van der Waals surface area contributed by atoms with Crippen LogP contribution in [-0.4, -0.2) is 70.4 Å². The molecule has 7 nitrogen and oxygen atoms in total. The first kappa shape index (κ1) is 21.9. The van der Waals surface area contributed by atoms with E-state index in [0.29, 0.717) is 31.0 Å². The quantitative estimate of drug-likeness (QED) is 0.590.